The highest BCUT2D eigenvalue weighted by Gasteiger charge is 2.43. The summed E-state index contributed by atoms with van der Waals surface area (Å²) in [7, 11) is 0. The molecule has 0 saturated carbocycles. The Morgan fingerprint density at radius 3 is 2.42 bits per heavy atom. The van der Waals surface area contributed by atoms with Crippen molar-refractivity contribution >= 4 is 24.0 Å². The molecular weight excluding hydrogens is 527 g/mol. The minimum atomic E-state index is -4.49. The van der Waals surface area contributed by atoms with Gasteiger partial charge in [0.2, 0.25) is 5.95 Å². The molecule has 2 fully saturated rings. The minimum Gasteiger partial charge on any atom is -0.490 e. The normalized spacial score (nSPS) is 21.1. The molecule has 5 rings (SSSR count). The number of carbonyl (C=O) groups excluding carboxylic acids is 2. The van der Waals surface area contributed by atoms with Crippen molar-refractivity contribution in [3.63, 3.8) is 0 Å². The number of nitrogens with two attached hydrogens (primary N) is 2. The van der Waals surface area contributed by atoms with Gasteiger partial charge >= 0.3 is 6.18 Å². The van der Waals surface area contributed by atoms with Gasteiger partial charge in [-0.1, -0.05) is 0 Å². The highest BCUT2D eigenvalue weighted by atomic mass is 19.4. The van der Waals surface area contributed by atoms with E-state index in [1.165, 1.54) is 24.5 Å². The average molecular weight is 556 g/mol. The van der Waals surface area contributed by atoms with Gasteiger partial charge in [0, 0.05) is 55.5 Å². The summed E-state index contributed by atoms with van der Waals surface area (Å²) in [6.45, 7) is 0.0359. The fourth-order valence-electron chi connectivity index (χ4n) is 5.38. The molecule has 40 heavy (non-hydrogen) atoms. The molecule has 13 heteroatoms. The number of rotatable bonds is 9. The molecule has 2 unspecified atom stereocenters. The lowest BCUT2D eigenvalue weighted by Crippen LogP contribution is -2.47. The third-order valence-electron chi connectivity index (χ3n) is 7.23. The summed E-state index contributed by atoms with van der Waals surface area (Å²) in [5.41, 5.74) is 11.3. The lowest BCUT2D eigenvalue weighted by atomic mass is 9.99. The molecule has 10 nitrogen and oxygen atoms in total. The van der Waals surface area contributed by atoms with Gasteiger partial charge in [-0.25, -0.2) is 4.98 Å². The molecule has 2 aliphatic rings. The Hall–Kier alpha value is -4.26. The zero-order valence-corrected chi connectivity index (χ0v) is 21.3. The molecule has 2 saturated heterocycles. The van der Waals surface area contributed by atoms with Gasteiger partial charge in [0.25, 0.3) is 5.91 Å². The van der Waals surface area contributed by atoms with Gasteiger partial charge in [-0.15, -0.1) is 0 Å². The minimum absolute atomic E-state index is 0.00121. The van der Waals surface area contributed by atoms with Crippen molar-refractivity contribution in [2.45, 2.75) is 56.1 Å². The summed E-state index contributed by atoms with van der Waals surface area (Å²) in [5, 5.41) is 2.89. The third-order valence-corrected chi connectivity index (χ3v) is 7.23. The molecule has 210 valence electrons. The predicted octanol–water partition coefficient (Wildman–Crippen LogP) is 3.17. The fraction of sp³-hybridized carbons (Fsp3) is 0.370. The number of aromatic nitrogens is 3. The highest BCUT2D eigenvalue weighted by Crippen LogP contribution is 2.42. The van der Waals surface area contributed by atoms with E-state index in [9.17, 15) is 22.8 Å². The SMILES string of the molecule is NC[C@@H](C=O)Nc1cc(C(N)=O)nc(N2C3CCC2CC(Oc2ccc(C(F)(F)F)cc2-c2ccncc2)C3)n1. The molecule has 5 N–H and O–H groups in total. The molecule has 3 aromatic rings. The second kappa shape index (κ2) is 11.1. The van der Waals surface area contributed by atoms with Gasteiger partial charge in [-0.2, -0.15) is 18.2 Å². The van der Waals surface area contributed by atoms with Crippen molar-refractivity contribution in [2.24, 2.45) is 11.5 Å². The lowest BCUT2D eigenvalue weighted by Gasteiger charge is -2.39. The van der Waals surface area contributed by atoms with E-state index < -0.39 is 23.7 Å². The fourth-order valence-corrected chi connectivity index (χ4v) is 5.38. The van der Waals surface area contributed by atoms with Crippen LogP contribution in [-0.4, -0.2) is 57.9 Å². The Morgan fingerprint density at radius 1 is 1.12 bits per heavy atom. The topological polar surface area (TPSA) is 149 Å². The molecule has 0 aliphatic carbocycles. The molecule has 4 heterocycles. The van der Waals surface area contributed by atoms with Crippen molar-refractivity contribution in [3.8, 4) is 16.9 Å². The van der Waals surface area contributed by atoms with Crippen LogP contribution in [0.2, 0.25) is 0 Å². The number of halogens is 3. The number of benzene rings is 1. The Kier molecular flexibility index (Phi) is 7.57. The number of piperidine rings is 1. The largest absolute Gasteiger partial charge is 0.490 e. The number of hydrogen-bond acceptors (Lipinski definition) is 9. The van der Waals surface area contributed by atoms with Crippen LogP contribution in [0.4, 0.5) is 24.9 Å². The molecule has 3 atom stereocenters. The second-order valence-corrected chi connectivity index (χ2v) is 9.87. The van der Waals surface area contributed by atoms with Crippen LogP contribution in [0.25, 0.3) is 11.1 Å². The van der Waals surface area contributed by atoms with Crippen molar-refractivity contribution in [2.75, 3.05) is 16.8 Å². The molecular formula is C27H28F3N7O3. The van der Waals surface area contributed by atoms with Gasteiger partial charge in [0.05, 0.1) is 11.6 Å². The number of amides is 1. The van der Waals surface area contributed by atoms with E-state index in [0.29, 0.717) is 42.0 Å². The molecule has 0 radical (unpaired) electrons. The standard InChI is InChI=1S/C27H28F3N7O3/c28-27(29,30)16-1-4-23(21(9-16)15-5-7-33-8-6-15)40-20-10-18-2-3-19(11-20)37(18)26-35-22(25(32)39)12-24(36-26)34-17(13-31)14-38/h1,4-9,12,14,17-20H,2-3,10-11,13,31H2,(H2,32,39)(H,34,35,36)/t17-,18?,19?,20?/m0/s1. The van der Waals surface area contributed by atoms with E-state index in [1.807, 2.05) is 4.90 Å². The van der Waals surface area contributed by atoms with Gasteiger partial charge in [0.1, 0.15) is 29.7 Å². The van der Waals surface area contributed by atoms with Gasteiger partial charge in [-0.3, -0.25) is 9.78 Å². The summed E-state index contributed by atoms with van der Waals surface area (Å²) in [6.07, 6.45) is 1.72. The van der Waals surface area contributed by atoms with E-state index >= 15 is 0 Å². The monoisotopic (exact) mass is 555 g/mol. The first-order chi connectivity index (χ1) is 19.2. The number of carbonyl (C=O) groups is 2. The number of fused-ring (bicyclic) bond motifs is 2. The summed E-state index contributed by atoms with van der Waals surface area (Å²) < 4.78 is 46.8. The number of hydrogen-bond donors (Lipinski definition) is 3. The molecule has 2 aromatic heterocycles. The van der Waals surface area contributed by atoms with Crippen LogP contribution in [-0.2, 0) is 11.0 Å². The zero-order valence-electron chi connectivity index (χ0n) is 21.3. The van der Waals surface area contributed by atoms with E-state index in [1.54, 1.807) is 12.1 Å². The average Bonchev–Trinajstić information content (AvgIpc) is 3.21. The number of ether oxygens (including phenoxy) is 1. The lowest BCUT2D eigenvalue weighted by molar-refractivity contribution is -0.137. The van der Waals surface area contributed by atoms with Crippen LogP contribution in [0.5, 0.6) is 5.75 Å². The van der Waals surface area contributed by atoms with Crippen LogP contribution < -0.4 is 26.4 Å². The number of nitrogens with one attached hydrogen (secondary N) is 1. The molecule has 2 aliphatic heterocycles. The van der Waals surface area contributed by atoms with Crippen molar-refractivity contribution in [3.05, 3.63) is 60.0 Å². The summed E-state index contributed by atoms with van der Waals surface area (Å²) in [5.74, 6) is 0.181. The predicted molar refractivity (Wildman–Crippen MR) is 141 cm³/mol. The van der Waals surface area contributed by atoms with Crippen molar-refractivity contribution in [1.29, 1.82) is 0 Å². The molecule has 2 bridgehead atoms. The van der Waals surface area contributed by atoms with Crippen LogP contribution in [0.3, 0.4) is 0 Å². The summed E-state index contributed by atoms with van der Waals surface area (Å²) in [4.78, 5) is 38.2. The van der Waals surface area contributed by atoms with Crippen LogP contribution in [0.1, 0.15) is 41.7 Å². The van der Waals surface area contributed by atoms with Crippen LogP contribution >= 0.6 is 0 Å². The van der Waals surface area contributed by atoms with Crippen LogP contribution in [0, 0.1) is 0 Å². The van der Waals surface area contributed by atoms with Crippen molar-refractivity contribution in [1.82, 2.24) is 15.0 Å². The first-order valence-corrected chi connectivity index (χ1v) is 12.8. The Morgan fingerprint density at radius 2 is 1.82 bits per heavy atom. The Labute approximate surface area is 227 Å². The van der Waals surface area contributed by atoms with Crippen LogP contribution in [0.15, 0.2) is 48.8 Å². The maximum absolute atomic E-state index is 13.5. The Bertz CT molecular complexity index is 1380. The third kappa shape index (κ3) is 5.69. The Balaban J connectivity index is 1.40. The number of pyridine rings is 1. The van der Waals surface area contributed by atoms with Crippen molar-refractivity contribution < 1.29 is 27.5 Å². The molecule has 0 spiro atoms. The van der Waals surface area contributed by atoms with E-state index in [-0.39, 0.29) is 36.2 Å². The maximum Gasteiger partial charge on any atom is 0.416 e. The maximum atomic E-state index is 13.5. The number of primary amides is 1. The van der Waals surface area contributed by atoms with Gasteiger partial charge in [0.15, 0.2) is 0 Å². The summed E-state index contributed by atoms with van der Waals surface area (Å²) in [6, 6.07) is 7.39. The van der Waals surface area contributed by atoms with Gasteiger partial charge in [-0.05, 0) is 48.7 Å². The number of aldehydes is 1. The number of nitrogens with zero attached hydrogens (tertiary/aromatic N) is 4. The highest BCUT2D eigenvalue weighted by molar-refractivity contribution is 5.92. The number of alkyl halides is 3. The second-order valence-electron chi connectivity index (χ2n) is 9.87. The van der Waals surface area contributed by atoms with E-state index in [2.05, 4.69) is 20.3 Å². The molecule has 1 aromatic carbocycles. The van der Waals surface area contributed by atoms with Gasteiger partial charge < -0.3 is 31.2 Å². The molecule has 1 amide bonds. The summed E-state index contributed by atoms with van der Waals surface area (Å²) >= 11 is 0. The first kappa shape index (κ1) is 27.3. The zero-order chi connectivity index (χ0) is 28.4. The number of anilines is 2. The first-order valence-electron chi connectivity index (χ1n) is 12.8. The smallest absolute Gasteiger partial charge is 0.416 e. The quantitative estimate of drug-likeness (QED) is 0.338. The van der Waals surface area contributed by atoms with E-state index in [4.69, 9.17) is 16.2 Å². The van der Waals surface area contributed by atoms with E-state index in [0.717, 1.165) is 25.0 Å².